The summed E-state index contributed by atoms with van der Waals surface area (Å²) >= 11 is 0. The number of nitrogens with one attached hydrogen (secondary N) is 2. The molecule has 1 aromatic heterocycles. The Morgan fingerprint density at radius 2 is 1.62 bits per heavy atom. The fraction of sp³-hybridized carbons (Fsp3) is 0.444. The summed E-state index contributed by atoms with van der Waals surface area (Å²) in [5.74, 6) is -0.864. The van der Waals surface area contributed by atoms with E-state index in [1.807, 2.05) is 22.8 Å². The van der Waals surface area contributed by atoms with Gasteiger partial charge in [-0.25, -0.2) is 0 Å². The second-order valence-corrected chi connectivity index (χ2v) is 9.31. The highest BCUT2D eigenvalue weighted by Gasteiger charge is 2.26. The van der Waals surface area contributed by atoms with Gasteiger partial charge in [-0.15, -0.1) is 6.58 Å². The molecule has 2 aliphatic rings. The molecule has 2 heterocycles. The Hall–Kier alpha value is -3.19. The van der Waals surface area contributed by atoms with E-state index in [0.29, 0.717) is 0 Å². The molecule has 1 saturated carbocycles. The quantitative estimate of drug-likeness (QED) is 0.590. The van der Waals surface area contributed by atoms with Crippen molar-refractivity contribution >= 4 is 11.8 Å². The van der Waals surface area contributed by atoms with Gasteiger partial charge in [0.2, 0.25) is 5.43 Å². The predicted molar refractivity (Wildman–Crippen MR) is 133 cm³/mol. The largest absolute Gasteiger partial charge is 0.349 e. The van der Waals surface area contributed by atoms with Crippen LogP contribution in [0.1, 0.15) is 70.8 Å². The molecule has 1 aromatic carbocycles. The summed E-state index contributed by atoms with van der Waals surface area (Å²) in [4.78, 5) is 41.3. The summed E-state index contributed by atoms with van der Waals surface area (Å²) in [7, 11) is 0. The molecule has 4 rings (SSSR count). The zero-order chi connectivity index (χ0) is 23.9. The van der Waals surface area contributed by atoms with Crippen molar-refractivity contribution in [1.29, 1.82) is 0 Å². The lowest BCUT2D eigenvalue weighted by molar-refractivity contribution is 0.0907. The second-order valence-electron chi connectivity index (χ2n) is 9.31. The minimum atomic E-state index is -0.519. The molecular weight excluding hydrogens is 428 g/mol. The van der Waals surface area contributed by atoms with Crippen LogP contribution in [-0.2, 0) is 6.54 Å². The zero-order valence-electron chi connectivity index (χ0n) is 19.7. The van der Waals surface area contributed by atoms with Crippen LogP contribution in [0, 0.1) is 0 Å². The van der Waals surface area contributed by atoms with E-state index in [2.05, 4.69) is 34.2 Å². The first-order valence-electron chi connectivity index (χ1n) is 12.3. The van der Waals surface area contributed by atoms with Gasteiger partial charge in [0.1, 0.15) is 11.1 Å². The topological polar surface area (TPSA) is 83.4 Å². The van der Waals surface area contributed by atoms with E-state index in [-0.39, 0.29) is 29.8 Å². The molecule has 0 spiro atoms. The number of likely N-dealkylation sites (tertiary alicyclic amines) is 1. The smallest absolute Gasteiger partial charge is 0.257 e. The van der Waals surface area contributed by atoms with E-state index in [0.717, 1.165) is 58.2 Å². The summed E-state index contributed by atoms with van der Waals surface area (Å²) < 4.78 is 1.90. The lowest BCUT2D eigenvalue weighted by Gasteiger charge is -2.32. The first kappa shape index (κ1) is 24.0. The Kier molecular flexibility index (Phi) is 7.95. The average Bonchev–Trinajstić information content (AvgIpc) is 3.39. The van der Waals surface area contributed by atoms with Gasteiger partial charge in [0, 0.05) is 50.7 Å². The summed E-state index contributed by atoms with van der Waals surface area (Å²) in [5.41, 5.74) is 0.822. The van der Waals surface area contributed by atoms with Gasteiger partial charge in [0.05, 0.1) is 0 Å². The molecule has 2 fully saturated rings. The third kappa shape index (κ3) is 5.83. The van der Waals surface area contributed by atoms with Crippen LogP contribution in [0.4, 0.5) is 0 Å². The van der Waals surface area contributed by atoms with E-state index in [1.54, 1.807) is 18.5 Å². The maximum atomic E-state index is 13.2. The Morgan fingerprint density at radius 3 is 2.26 bits per heavy atom. The number of piperidine rings is 1. The van der Waals surface area contributed by atoms with Crippen molar-refractivity contribution in [3.05, 3.63) is 82.3 Å². The van der Waals surface area contributed by atoms with Gasteiger partial charge in [0.15, 0.2) is 0 Å². The van der Waals surface area contributed by atoms with Gasteiger partial charge in [0.25, 0.3) is 11.8 Å². The summed E-state index contributed by atoms with van der Waals surface area (Å²) in [6, 6.07) is 10.6. The van der Waals surface area contributed by atoms with Crippen LogP contribution in [0.25, 0.3) is 0 Å². The summed E-state index contributed by atoms with van der Waals surface area (Å²) in [6.45, 7) is 6.54. The highest BCUT2D eigenvalue weighted by molar-refractivity contribution is 5.99. The number of carbonyl (C=O) groups excluding carboxylic acids is 2. The molecule has 2 N–H and O–H groups in total. The van der Waals surface area contributed by atoms with E-state index in [9.17, 15) is 14.4 Å². The lowest BCUT2D eigenvalue weighted by atomic mass is 10.0. The van der Waals surface area contributed by atoms with Crippen LogP contribution < -0.4 is 16.1 Å². The van der Waals surface area contributed by atoms with Crippen molar-refractivity contribution in [3.8, 4) is 0 Å². The fourth-order valence-electron chi connectivity index (χ4n) is 4.93. The molecule has 7 heteroatoms. The van der Waals surface area contributed by atoms with Gasteiger partial charge in [-0.1, -0.05) is 49.2 Å². The minimum Gasteiger partial charge on any atom is -0.349 e. The van der Waals surface area contributed by atoms with Gasteiger partial charge < -0.3 is 15.2 Å². The normalized spacial score (nSPS) is 17.4. The molecular formula is C27H34N4O3. The average molecular weight is 463 g/mol. The zero-order valence-corrected chi connectivity index (χ0v) is 19.7. The van der Waals surface area contributed by atoms with E-state index in [1.165, 1.54) is 5.56 Å². The van der Waals surface area contributed by atoms with Crippen LogP contribution >= 0.6 is 0 Å². The maximum absolute atomic E-state index is 13.2. The lowest BCUT2D eigenvalue weighted by Crippen LogP contribution is -2.45. The number of nitrogens with zero attached hydrogens (tertiary/aromatic N) is 2. The Balaban J connectivity index is 1.45. The molecule has 0 atom stereocenters. The Labute approximate surface area is 200 Å². The number of hydrogen-bond acceptors (Lipinski definition) is 4. The van der Waals surface area contributed by atoms with Crippen molar-refractivity contribution in [1.82, 2.24) is 20.1 Å². The number of aromatic nitrogens is 1. The minimum absolute atomic E-state index is 0.0112. The van der Waals surface area contributed by atoms with Crippen molar-refractivity contribution < 1.29 is 9.59 Å². The molecule has 0 radical (unpaired) electrons. The summed E-state index contributed by atoms with van der Waals surface area (Å²) in [5, 5.41) is 5.73. The van der Waals surface area contributed by atoms with Crippen LogP contribution in [0.15, 0.2) is 60.2 Å². The first-order valence-corrected chi connectivity index (χ1v) is 12.3. The predicted octanol–water partition coefficient (Wildman–Crippen LogP) is 3.27. The number of rotatable bonds is 8. The van der Waals surface area contributed by atoms with Crippen molar-refractivity contribution in [3.63, 3.8) is 0 Å². The van der Waals surface area contributed by atoms with Gasteiger partial charge >= 0.3 is 0 Å². The van der Waals surface area contributed by atoms with Crippen molar-refractivity contribution in [2.45, 2.75) is 57.2 Å². The molecule has 1 aliphatic heterocycles. The number of benzene rings is 1. The monoisotopic (exact) mass is 462 g/mol. The molecule has 2 amide bonds. The maximum Gasteiger partial charge on any atom is 0.257 e. The molecule has 0 bridgehead atoms. The number of amides is 2. The van der Waals surface area contributed by atoms with Gasteiger partial charge in [-0.3, -0.25) is 19.3 Å². The first-order chi connectivity index (χ1) is 16.5. The van der Waals surface area contributed by atoms with Gasteiger partial charge in [-0.05, 0) is 31.2 Å². The third-order valence-electron chi connectivity index (χ3n) is 6.86. The standard InChI is InChI=1S/C27H34N4O3/c1-2-14-28-26(33)23-18-31(22-10-6-7-11-22)19-24(25(23)32)27(34)29-21-12-15-30(16-13-21)17-20-8-4-3-5-9-20/h2-5,8-9,18-19,21-22H,1,6-7,10-17H2,(H,28,33)(H,29,34). The third-order valence-corrected chi connectivity index (χ3v) is 6.86. The molecule has 2 aromatic rings. The highest BCUT2D eigenvalue weighted by atomic mass is 16.2. The molecule has 180 valence electrons. The fourth-order valence-corrected chi connectivity index (χ4v) is 4.93. The number of hydrogen-bond donors (Lipinski definition) is 2. The van der Waals surface area contributed by atoms with Gasteiger partial charge in [-0.2, -0.15) is 0 Å². The second kappa shape index (κ2) is 11.3. The summed E-state index contributed by atoms with van der Waals surface area (Å²) in [6.07, 6.45) is 10.7. The van der Waals surface area contributed by atoms with Crippen LogP contribution in [0.5, 0.6) is 0 Å². The van der Waals surface area contributed by atoms with E-state index < -0.39 is 17.2 Å². The van der Waals surface area contributed by atoms with E-state index in [4.69, 9.17) is 0 Å². The Bertz CT molecular complexity index is 1070. The van der Waals surface area contributed by atoms with Crippen molar-refractivity contribution in [2.75, 3.05) is 19.6 Å². The Morgan fingerprint density at radius 1 is 0.971 bits per heavy atom. The molecule has 1 saturated heterocycles. The SMILES string of the molecule is C=CCNC(=O)c1cn(C2CCCC2)cc(C(=O)NC2CCN(Cc3ccccc3)CC2)c1=O. The van der Waals surface area contributed by atoms with Crippen molar-refractivity contribution in [2.24, 2.45) is 0 Å². The van der Waals surface area contributed by atoms with Crippen LogP contribution in [0.2, 0.25) is 0 Å². The number of carbonyl (C=O) groups is 2. The number of pyridine rings is 1. The van der Waals surface area contributed by atoms with Crippen LogP contribution in [-0.4, -0.2) is 47.0 Å². The highest BCUT2D eigenvalue weighted by Crippen LogP contribution is 2.29. The molecule has 0 unspecified atom stereocenters. The molecule has 34 heavy (non-hydrogen) atoms. The molecule has 7 nitrogen and oxygen atoms in total. The van der Waals surface area contributed by atoms with Crippen LogP contribution in [0.3, 0.4) is 0 Å². The van der Waals surface area contributed by atoms with E-state index >= 15 is 0 Å². The molecule has 1 aliphatic carbocycles.